The summed E-state index contributed by atoms with van der Waals surface area (Å²) in [7, 11) is -3.05. The van der Waals surface area contributed by atoms with Gasteiger partial charge in [0, 0.05) is 6.54 Å². The second-order valence-electron chi connectivity index (χ2n) is 5.25. The number of aromatic nitrogens is 2. The number of halogens is 1. The highest BCUT2D eigenvalue weighted by Gasteiger charge is 2.35. The number of nitrogens with zero attached hydrogens (tertiary/aromatic N) is 2. The molecule has 2 heterocycles. The van der Waals surface area contributed by atoms with Crippen molar-refractivity contribution in [2.24, 2.45) is 0 Å². The molecule has 112 valence electrons. The molecule has 1 aromatic heterocycles. The average molecular weight is 303 g/mol. The van der Waals surface area contributed by atoms with E-state index in [1.54, 1.807) is 6.92 Å². The van der Waals surface area contributed by atoms with Crippen LogP contribution in [0.25, 0.3) is 0 Å². The second kappa shape index (κ2) is 5.25. The smallest absolute Gasteiger partial charge is 0.186 e. The Bertz CT molecular complexity index is 605. The fourth-order valence-corrected chi connectivity index (χ4v) is 3.75. The summed E-state index contributed by atoms with van der Waals surface area (Å²) in [4.78, 5) is 7.85. The molecule has 1 aliphatic rings. The number of aliphatic hydroxyl groups is 1. The van der Waals surface area contributed by atoms with Crippen LogP contribution in [0, 0.1) is 19.7 Å². The second-order valence-corrected chi connectivity index (χ2v) is 7.55. The van der Waals surface area contributed by atoms with Crippen LogP contribution in [0.4, 0.5) is 10.2 Å². The van der Waals surface area contributed by atoms with Crippen molar-refractivity contribution in [1.29, 1.82) is 0 Å². The van der Waals surface area contributed by atoms with Crippen LogP contribution in [-0.4, -0.2) is 47.1 Å². The summed E-state index contributed by atoms with van der Waals surface area (Å²) in [6.45, 7) is 3.26. The van der Waals surface area contributed by atoms with Crippen LogP contribution in [0.5, 0.6) is 0 Å². The molecule has 2 N–H and O–H groups in total. The first-order chi connectivity index (χ1) is 9.21. The molecule has 2 rings (SSSR count). The first-order valence-electron chi connectivity index (χ1n) is 6.38. The van der Waals surface area contributed by atoms with Gasteiger partial charge in [-0.3, -0.25) is 0 Å². The molecule has 0 amide bonds. The van der Waals surface area contributed by atoms with Crippen LogP contribution in [0.3, 0.4) is 0 Å². The Morgan fingerprint density at radius 3 is 2.50 bits per heavy atom. The van der Waals surface area contributed by atoms with Crippen molar-refractivity contribution in [2.45, 2.75) is 32.3 Å². The van der Waals surface area contributed by atoms with Gasteiger partial charge < -0.3 is 10.4 Å². The van der Waals surface area contributed by atoms with E-state index in [1.165, 1.54) is 6.92 Å². The normalized spacial score (nSPS) is 20.6. The van der Waals surface area contributed by atoms with Crippen molar-refractivity contribution >= 4 is 15.7 Å². The largest absolute Gasteiger partial charge is 0.388 e. The van der Waals surface area contributed by atoms with E-state index in [1.807, 2.05) is 0 Å². The lowest BCUT2D eigenvalue weighted by Crippen LogP contribution is -2.44. The Kier molecular flexibility index (Phi) is 3.97. The van der Waals surface area contributed by atoms with Crippen LogP contribution < -0.4 is 5.32 Å². The number of hydrogen-bond donors (Lipinski definition) is 2. The van der Waals surface area contributed by atoms with Gasteiger partial charge in [0.05, 0.1) is 22.8 Å². The number of hydrogen-bond acceptors (Lipinski definition) is 6. The van der Waals surface area contributed by atoms with E-state index >= 15 is 0 Å². The van der Waals surface area contributed by atoms with E-state index in [9.17, 15) is 17.9 Å². The Hall–Kier alpha value is -1.28. The highest BCUT2D eigenvalue weighted by Crippen LogP contribution is 2.24. The maximum atomic E-state index is 13.8. The molecule has 6 nitrogen and oxygen atoms in total. The molecule has 1 aromatic rings. The van der Waals surface area contributed by atoms with E-state index in [2.05, 4.69) is 15.3 Å². The van der Waals surface area contributed by atoms with Crippen molar-refractivity contribution in [3.63, 3.8) is 0 Å². The third-order valence-electron chi connectivity index (χ3n) is 3.47. The third kappa shape index (κ3) is 3.43. The van der Waals surface area contributed by atoms with Crippen LogP contribution in [0.1, 0.15) is 24.4 Å². The van der Waals surface area contributed by atoms with Crippen LogP contribution >= 0.6 is 0 Å². The van der Waals surface area contributed by atoms with Gasteiger partial charge in [-0.05, 0) is 26.7 Å². The molecule has 0 bridgehead atoms. The quantitative estimate of drug-likeness (QED) is 0.849. The fraction of sp³-hybridized carbons (Fsp3) is 0.667. The van der Waals surface area contributed by atoms with Gasteiger partial charge in [-0.25, -0.2) is 22.8 Å². The first kappa shape index (κ1) is 15.1. The van der Waals surface area contributed by atoms with Gasteiger partial charge in [-0.15, -0.1) is 0 Å². The fourth-order valence-electron chi connectivity index (χ4n) is 2.16. The maximum absolute atomic E-state index is 13.8. The van der Waals surface area contributed by atoms with Crippen LogP contribution in [-0.2, 0) is 9.84 Å². The predicted molar refractivity (Wildman–Crippen MR) is 72.8 cm³/mol. The van der Waals surface area contributed by atoms with Gasteiger partial charge in [-0.2, -0.15) is 0 Å². The number of sulfone groups is 1. The molecule has 0 aliphatic carbocycles. The lowest BCUT2D eigenvalue weighted by molar-refractivity contribution is 0.0435. The molecule has 1 fully saturated rings. The maximum Gasteiger partial charge on any atom is 0.186 e. The van der Waals surface area contributed by atoms with E-state index in [4.69, 9.17) is 0 Å². The van der Waals surface area contributed by atoms with Crippen molar-refractivity contribution in [3.8, 4) is 0 Å². The van der Waals surface area contributed by atoms with Gasteiger partial charge in [0.25, 0.3) is 0 Å². The molecule has 0 radical (unpaired) electrons. The number of aryl methyl sites for hydroxylation is 2. The van der Waals surface area contributed by atoms with Gasteiger partial charge in [0.2, 0.25) is 0 Å². The Morgan fingerprint density at radius 2 is 1.90 bits per heavy atom. The number of nitrogens with one attached hydrogen (secondary N) is 1. The highest BCUT2D eigenvalue weighted by atomic mass is 32.2. The van der Waals surface area contributed by atoms with Crippen molar-refractivity contribution < 1.29 is 17.9 Å². The molecule has 0 saturated carbocycles. The standard InChI is InChI=1S/C12H18FN3O3S/c1-8-10(13)11(16-9(2)15-8)14-7-12(17)3-5-20(18,19)6-4-12/h17H,3-7H2,1-2H3,(H,14,15,16). The SMILES string of the molecule is Cc1nc(C)c(F)c(NCC2(O)CCS(=O)(=O)CC2)n1. The monoisotopic (exact) mass is 303 g/mol. The molecule has 1 aliphatic heterocycles. The van der Waals surface area contributed by atoms with Gasteiger partial charge >= 0.3 is 0 Å². The van der Waals surface area contributed by atoms with E-state index in [0.717, 1.165) is 0 Å². The lowest BCUT2D eigenvalue weighted by Gasteiger charge is -2.32. The van der Waals surface area contributed by atoms with Crippen LogP contribution in [0.2, 0.25) is 0 Å². The van der Waals surface area contributed by atoms with Gasteiger partial charge in [-0.1, -0.05) is 0 Å². The van der Waals surface area contributed by atoms with E-state index < -0.39 is 21.3 Å². The minimum Gasteiger partial charge on any atom is -0.388 e. The zero-order chi connectivity index (χ0) is 15.0. The summed E-state index contributed by atoms with van der Waals surface area (Å²) in [5.74, 6) is -0.172. The summed E-state index contributed by atoms with van der Waals surface area (Å²) < 4.78 is 36.5. The first-order valence-corrected chi connectivity index (χ1v) is 8.20. The molecule has 0 spiro atoms. The molecular formula is C12H18FN3O3S. The van der Waals surface area contributed by atoms with Crippen molar-refractivity contribution in [2.75, 3.05) is 23.4 Å². The summed E-state index contributed by atoms with van der Waals surface area (Å²) in [5, 5.41) is 13.1. The molecule has 0 atom stereocenters. The van der Waals surface area contributed by atoms with Crippen molar-refractivity contribution in [3.05, 3.63) is 17.3 Å². The zero-order valence-corrected chi connectivity index (χ0v) is 12.3. The summed E-state index contributed by atoms with van der Waals surface area (Å²) in [5.41, 5.74) is -0.914. The summed E-state index contributed by atoms with van der Waals surface area (Å²) in [6.07, 6.45) is 0.292. The molecule has 0 unspecified atom stereocenters. The van der Waals surface area contributed by atoms with Crippen molar-refractivity contribution in [1.82, 2.24) is 9.97 Å². The molecule has 20 heavy (non-hydrogen) atoms. The van der Waals surface area contributed by atoms with Gasteiger partial charge in [0.15, 0.2) is 21.5 Å². The van der Waals surface area contributed by atoms with Gasteiger partial charge in [0.1, 0.15) is 5.82 Å². The van der Waals surface area contributed by atoms with E-state index in [-0.39, 0.29) is 42.4 Å². The van der Waals surface area contributed by atoms with E-state index in [0.29, 0.717) is 5.82 Å². The number of anilines is 1. The minimum atomic E-state index is -3.05. The molecular weight excluding hydrogens is 285 g/mol. The average Bonchev–Trinajstić information content (AvgIpc) is 2.36. The molecule has 8 heteroatoms. The zero-order valence-electron chi connectivity index (χ0n) is 11.5. The summed E-state index contributed by atoms with van der Waals surface area (Å²) >= 11 is 0. The number of rotatable bonds is 3. The minimum absolute atomic E-state index is 0.0388. The lowest BCUT2D eigenvalue weighted by atomic mass is 9.97. The van der Waals surface area contributed by atoms with Crippen LogP contribution in [0.15, 0.2) is 0 Å². The topological polar surface area (TPSA) is 92.2 Å². The Morgan fingerprint density at radius 1 is 1.30 bits per heavy atom. The predicted octanol–water partition coefficient (Wildman–Crippen LogP) is 0.584. The molecule has 1 saturated heterocycles. The third-order valence-corrected chi connectivity index (χ3v) is 5.12. The highest BCUT2D eigenvalue weighted by molar-refractivity contribution is 7.91. The Balaban J connectivity index is 2.06. The summed E-state index contributed by atoms with van der Waals surface area (Å²) in [6, 6.07) is 0. The Labute approximate surface area is 117 Å². The molecule has 0 aromatic carbocycles.